The highest BCUT2D eigenvalue weighted by Crippen LogP contribution is 2.23. The van der Waals surface area contributed by atoms with Gasteiger partial charge in [0.25, 0.3) is 5.91 Å². The van der Waals surface area contributed by atoms with E-state index in [1.807, 2.05) is 13.0 Å². The molecule has 0 aromatic carbocycles. The number of nitrogens with zero attached hydrogens (tertiary/aromatic N) is 1. The van der Waals surface area contributed by atoms with Crippen LogP contribution in [-0.2, 0) is 11.2 Å². The van der Waals surface area contributed by atoms with Crippen LogP contribution >= 0.6 is 11.3 Å². The fraction of sp³-hybridized carbons (Fsp3) is 0.571. The Hall–Kier alpha value is -1.36. The van der Waals surface area contributed by atoms with Crippen molar-refractivity contribution in [2.24, 2.45) is 5.73 Å². The first-order chi connectivity index (χ1) is 8.99. The number of primary amides is 1. The second-order valence-electron chi connectivity index (χ2n) is 4.62. The van der Waals surface area contributed by atoms with Gasteiger partial charge in [-0.3, -0.25) is 9.59 Å². The van der Waals surface area contributed by atoms with Gasteiger partial charge < -0.3 is 10.6 Å². The number of amides is 2. The van der Waals surface area contributed by atoms with E-state index in [1.54, 1.807) is 4.90 Å². The van der Waals surface area contributed by atoms with E-state index in [0.29, 0.717) is 11.4 Å². The molecule has 5 heteroatoms. The Morgan fingerprint density at radius 3 is 2.53 bits per heavy atom. The number of hydrogen-bond donors (Lipinski definition) is 1. The molecule has 0 aliphatic rings. The van der Waals surface area contributed by atoms with Crippen molar-refractivity contribution in [2.45, 2.75) is 40.0 Å². The molecule has 1 rings (SSSR count). The van der Waals surface area contributed by atoms with Crippen LogP contribution in [0.4, 0.5) is 0 Å². The third-order valence-corrected chi connectivity index (χ3v) is 4.34. The lowest BCUT2D eigenvalue weighted by molar-refractivity contribution is -0.118. The molecular weight excluding hydrogens is 260 g/mol. The summed E-state index contributed by atoms with van der Waals surface area (Å²) in [4.78, 5) is 26.9. The van der Waals surface area contributed by atoms with E-state index >= 15 is 0 Å². The third kappa shape index (κ3) is 4.35. The molecule has 0 saturated carbocycles. The molecule has 2 N–H and O–H groups in total. The number of rotatable bonds is 7. The first kappa shape index (κ1) is 15.7. The molecule has 19 heavy (non-hydrogen) atoms. The fourth-order valence-corrected chi connectivity index (χ4v) is 3.00. The van der Waals surface area contributed by atoms with E-state index in [0.717, 1.165) is 24.8 Å². The highest BCUT2D eigenvalue weighted by molar-refractivity contribution is 7.14. The van der Waals surface area contributed by atoms with Gasteiger partial charge in [0.2, 0.25) is 5.91 Å². The molecule has 0 radical (unpaired) electrons. The molecule has 0 aliphatic heterocycles. The zero-order valence-electron chi connectivity index (χ0n) is 11.9. The SMILES string of the molecule is CCCCN(CC(N)=O)C(=O)c1cc(C)c(CC)s1. The number of thiophene rings is 1. The molecule has 0 fully saturated rings. The van der Waals surface area contributed by atoms with Crippen LogP contribution in [0.3, 0.4) is 0 Å². The standard InChI is InChI=1S/C14H22N2O2S/c1-4-6-7-16(9-13(15)17)14(18)12-8-10(3)11(5-2)19-12/h8H,4-7,9H2,1-3H3,(H2,15,17). The number of nitrogens with two attached hydrogens (primary N) is 1. The fourth-order valence-electron chi connectivity index (χ4n) is 1.92. The predicted molar refractivity (Wildman–Crippen MR) is 78.4 cm³/mol. The summed E-state index contributed by atoms with van der Waals surface area (Å²) < 4.78 is 0. The van der Waals surface area contributed by atoms with Crippen molar-refractivity contribution in [1.82, 2.24) is 4.90 Å². The summed E-state index contributed by atoms with van der Waals surface area (Å²) in [5.41, 5.74) is 6.36. The van der Waals surface area contributed by atoms with Crippen molar-refractivity contribution in [3.05, 3.63) is 21.4 Å². The Kier molecular flexibility index (Phi) is 6.02. The maximum Gasteiger partial charge on any atom is 0.264 e. The van der Waals surface area contributed by atoms with Gasteiger partial charge >= 0.3 is 0 Å². The lowest BCUT2D eigenvalue weighted by Crippen LogP contribution is -2.38. The van der Waals surface area contributed by atoms with E-state index in [-0.39, 0.29) is 12.5 Å². The van der Waals surface area contributed by atoms with Crippen LogP contribution in [0.25, 0.3) is 0 Å². The largest absolute Gasteiger partial charge is 0.368 e. The molecule has 0 saturated heterocycles. The zero-order chi connectivity index (χ0) is 14.4. The second-order valence-corrected chi connectivity index (χ2v) is 5.75. The number of carbonyl (C=O) groups excluding carboxylic acids is 2. The molecule has 0 atom stereocenters. The minimum absolute atomic E-state index is 0.00274. The van der Waals surface area contributed by atoms with Crippen molar-refractivity contribution in [3.63, 3.8) is 0 Å². The van der Waals surface area contributed by atoms with E-state index in [1.165, 1.54) is 16.2 Å². The van der Waals surface area contributed by atoms with Crippen LogP contribution in [-0.4, -0.2) is 29.8 Å². The lowest BCUT2D eigenvalue weighted by atomic mass is 10.2. The van der Waals surface area contributed by atoms with E-state index in [4.69, 9.17) is 5.73 Å². The Bertz CT molecular complexity index is 454. The lowest BCUT2D eigenvalue weighted by Gasteiger charge is -2.20. The summed E-state index contributed by atoms with van der Waals surface area (Å²) >= 11 is 1.51. The Morgan fingerprint density at radius 1 is 1.37 bits per heavy atom. The molecule has 1 aromatic heterocycles. The minimum atomic E-state index is -0.464. The van der Waals surface area contributed by atoms with Gasteiger partial charge in [-0.15, -0.1) is 11.3 Å². The van der Waals surface area contributed by atoms with Crippen molar-refractivity contribution in [1.29, 1.82) is 0 Å². The molecule has 1 aromatic rings. The van der Waals surface area contributed by atoms with Crippen LogP contribution in [0, 0.1) is 6.92 Å². The maximum absolute atomic E-state index is 12.4. The Balaban J connectivity index is 2.87. The van der Waals surface area contributed by atoms with Crippen molar-refractivity contribution in [2.75, 3.05) is 13.1 Å². The van der Waals surface area contributed by atoms with Gasteiger partial charge in [-0.05, 0) is 31.4 Å². The van der Waals surface area contributed by atoms with Gasteiger partial charge in [0.15, 0.2) is 0 Å². The van der Waals surface area contributed by atoms with E-state index in [2.05, 4.69) is 13.8 Å². The molecular formula is C14H22N2O2S. The summed E-state index contributed by atoms with van der Waals surface area (Å²) in [7, 11) is 0. The highest BCUT2D eigenvalue weighted by Gasteiger charge is 2.19. The highest BCUT2D eigenvalue weighted by atomic mass is 32.1. The number of hydrogen-bond acceptors (Lipinski definition) is 3. The molecule has 0 bridgehead atoms. The number of aryl methyl sites for hydroxylation is 2. The molecule has 0 spiro atoms. The number of carbonyl (C=O) groups is 2. The Labute approximate surface area is 118 Å². The average Bonchev–Trinajstić information content (AvgIpc) is 2.74. The smallest absolute Gasteiger partial charge is 0.264 e. The normalized spacial score (nSPS) is 10.5. The van der Waals surface area contributed by atoms with Crippen LogP contribution in [0.1, 0.15) is 46.8 Å². The van der Waals surface area contributed by atoms with Crippen LogP contribution in [0.2, 0.25) is 0 Å². The monoisotopic (exact) mass is 282 g/mol. The topological polar surface area (TPSA) is 63.4 Å². The average molecular weight is 282 g/mol. The summed E-state index contributed by atoms with van der Waals surface area (Å²) in [5.74, 6) is -0.548. The predicted octanol–water partition coefficient (Wildman–Crippen LogP) is 2.35. The first-order valence-electron chi connectivity index (χ1n) is 6.66. The number of unbranched alkanes of at least 4 members (excludes halogenated alkanes) is 1. The molecule has 4 nitrogen and oxygen atoms in total. The van der Waals surface area contributed by atoms with Crippen molar-refractivity contribution >= 4 is 23.2 Å². The third-order valence-electron chi connectivity index (χ3n) is 2.97. The van der Waals surface area contributed by atoms with Gasteiger partial charge in [-0.2, -0.15) is 0 Å². The molecule has 0 aliphatic carbocycles. The van der Waals surface area contributed by atoms with Gasteiger partial charge in [0, 0.05) is 11.4 Å². The molecule has 1 heterocycles. The second kappa shape index (κ2) is 7.28. The van der Waals surface area contributed by atoms with Gasteiger partial charge in [-0.25, -0.2) is 0 Å². The van der Waals surface area contributed by atoms with Gasteiger partial charge in [-0.1, -0.05) is 20.3 Å². The maximum atomic E-state index is 12.4. The van der Waals surface area contributed by atoms with E-state index in [9.17, 15) is 9.59 Å². The van der Waals surface area contributed by atoms with E-state index < -0.39 is 5.91 Å². The first-order valence-corrected chi connectivity index (χ1v) is 7.48. The quantitative estimate of drug-likeness (QED) is 0.834. The summed E-state index contributed by atoms with van der Waals surface area (Å²) in [6.45, 7) is 6.72. The molecule has 2 amide bonds. The molecule has 0 unspecified atom stereocenters. The van der Waals surface area contributed by atoms with Crippen molar-refractivity contribution in [3.8, 4) is 0 Å². The molecule has 106 valence electrons. The zero-order valence-corrected chi connectivity index (χ0v) is 12.7. The van der Waals surface area contributed by atoms with Crippen molar-refractivity contribution < 1.29 is 9.59 Å². The summed E-state index contributed by atoms with van der Waals surface area (Å²) in [5, 5.41) is 0. The van der Waals surface area contributed by atoms with Gasteiger partial charge in [0.1, 0.15) is 0 Å². The summed E-state index contributed by atoms with van der Waals surface area (Å²) in [6.07, 6.45) is 2.78. The van der Waals surface area contributed by atoms with Crippen LogP contribution < -0.4 is 5.73 Å². The minimum Gasteiger partial charge on any atom is -0.368 e. The van der Waals surface area contributed by atoms with Crippen LogP contribution in [0.15, 0.2) is 6.07 Å². The van der Waals surface area contributed by atoms with Crippen LogP contribution in [0.5, 0.6) is 0 Å². The summed E-state index contributed by atoms with van der Waals surface area (Å²) in [6, 6.07) is 1.91. The van der Waals surface area contributed by atoms with Gasteiger partial charge in [0.05, 0.1) is 11.4 Å². The Morgan fingerprint density at radius 2 is 2.05 bits per heavy atom.